The van der Waals surface area contributed by atoms with Crippen LogP contribution < -0.4 is 5.32 Å². The SMILES string of the molecule is Cc1cc(C(=O)Nc2ccc(Cl)cn2)c2c(C)nn(-c3ccc(F)cc3)c2n1. The summed E-state index contributed by atoms with van der Waals surface area (Å²) in [5.41, 5.74) is 2.91. The summed E-state index contributed by atoms with van der Waals surface area (Å²) >= 11 is 5.84. The van der Waals surface area contributed by atoms with E-state index in [1.807, 2.05) is 0 Å². The van der Waals surface area contributed by atoms with Crippen LogP contribution in [0.15, 0.2) is 48.7 Å². The maximum Gasteiger partial charge on any atom is 0.257 e. The number of anilines is 1. The molecule has 0 unspecified atom stereocenters. The number of amides is 1. The predicted octanol–water partition coefficient (Wildman–Crippen LogP) is 4.48. The van der Waals surface area contributed by atoms with E-state index in [1.54, 1.807) is 48.9 Å². The molecule has 28 heavy (non-hydrogen) atoms. The lowest BCUT2D eigenvalue weighted by molar-refractivity contribution is 0.102. The van der Waals surface area contributed by atoms with Gasteiger partial charge in [0.1, 0.15) is 11.6 Å². The van der Waals surface area contributed by atoms with Crippen molar-refractivity contribution in [3.63, 3.8) is 0 Å². The van der Waals surface area contributed by atoms with Crippen LogP contribution in [0.3, 0.4) is 0 Å². The van der Waals surface area contributed by atoms with Gasteiger partial charge >= 0.3 is 0 Å². The number of carbonyl (C=O) groups is 1. The van der Waals surface area contributed by atoms with Gasteiger partial charge in [-0.3, -0.25) is 4.79 Å². The maximum atomic E-state index is 13.3. The quantitative estimate of drug-likeness (QED) is 0.555. The van der Waals surface area contributed by atoms with Gasteiger partial charge in [0.15, 0.2) is 5.65 Å². The number of hydrogen-bond acceptors (Lipinski definition) is 4. The average Bonchev–Trinajstić information content (AvgIpc) is 3.00. The molecule has 0 spiro atoms. The summed E-state index contributed by atoms with van der Waals surface area (Å²) in [5, 5.41) is 8.39. The van der Waals surface area contributed by atoms with Gasteiger partial charge in [-0.15, -0.1) is 0 Å². The fourth-order valence-corrected chi connectivity index (χ4v) is 3.10. The van der Waals surface area contributed by atoms with Crippen molar-refractivity contribution in [1.82, 2.24) is 19.7 Å². The van der Waals surface area contributed by atoms with Gasteiger partial charge in [-0.1, -0.05) is 11.6 Å². The minimum Gasteiger partial charge on any atom is -0.307 e. The molecule has 0 fully saturated rings. The fourth-order valence-electron chi connectivity index (χ4n) is 2.99. The number of fused-ring (bicyclic) bond motifs is 1. The Bertz CT molecular complexity index is 1190. The van der Waals surface area contributed by atoms with Gasteiger partial charge in [-0.25, -0.2) is 19.0 Å². The molecule has 6 nitrogen and oxygen atoms in total. The third-order valence-electron chi connectivity index (χ3n) is 4.23. The highest BCUT2D eigenvalue weighted by molar-refractivity contribution is 6.30. The summed E-state index contributed by atoms with van der Waals surface area (Å²) in [6.45, 7) is 3.60. The second-order valence-corrected chi connectivity index (χ2v) is 6.74. The zero-order valence-electron chi connectivity index (χ0n) is 15.1. The number of aromatic nitrogens is 4. The highest BCUT2D eigenvalue weighted by atomic mass is 35.5. The summed E-state index contributed by atoms with van der Waals surface area (Å²) in [5.74, 6) is -0.274. The number of halogens is 2. The molecule has 1 N–H and O–H groups in total. The third-order valence-corrected chi connectivity index (χ3v) is 4.45. The molecule has 1 aromatic carbocycles. The van der Waals surface area contributed by atoms with Crippen molar-refractivity contribution in [3.8, 4) is 5.69 Å². The van der Waals surface area contributed by atoms with Crippen molar-refractivity contribution in [2.75, 3.05) is 5.32 Å². The minimum absolute atomic E-state index is 0.327. The van der Waals surface area contributed by atoms with Crippen molar-refractivity contribution >= 4 is 34.4 Å². The molecule has 8 heteroatoms. The van der Waals surface area contributed by atoms with Crippen molar-refractivity contribution in [2.45, 2.75) is 13.8 Å². The topological polar surface area (TPSA) is 72.7 Å². The molecule has 0 saturated heterocycles. The molecule has 0 radical (unpaired) electrons. The standard InChI is InChI=1S/C20H15ClFN5O/c1-11-9-16(20(28)25-17-8-3-13(21)10-23-17)18-12(2)26-27(19(18)24-11)15-6-4-14(22)5-7-15/h3-10H,1-2H3,(H,23,25,28). The van der Waals surface area contributed by atoms with E-state index in [0.29, 0.717) is 44.5 Å². The van der Waals surface area contributed by atoms with Crippen LogP contribution in [0, 0.1) is 19.7 Å². The number of carbonyl (C=O) groups excluding carboxylic acids is 1. The summed E-state index contributed by atoms with van der Waals surface area (Å²) in [6.07, 6.45) is 1.46. The van der Waals surface area contributed by atoms with Crippen molar-refractivity contribution < 1.29 is 9.18 Å². The monoisotopic (exact) mass is 395 g/mol. The second-order valence-electron chi connectivity index (χ2n) is 6.30. The number of rotatable bonds is 3. The number of aryl methyl sites for hydroxylation is 2. The van der Waals surface area contributed by atoms with Crippen LogP contribution in [0.1, 0.15) is 21.7 Å². The molecule has 1 amide bonds. The molecule has 0 bridgehead atoms. The predicted molar refractivity (Wildman–Crippen MR) is 105 cm³/mol. The first-order chi connectivity index (χ1) is 13.4. The molecule has 0 aliphatic heterocycles. The molecule has 0 saturated carbocycles. The van der Waals surface area contributed by atoms with Gasteiger partial charge in [-0.2, -0.15) is 5.10 Å². The Morgan fingerprint density at radius 1 is 1.14 bits per heavy atom. The summed E-state index contributed by atoms with van der Waals surface area (Å²) < 4.78 is 14.9. The number of nitrogens with one attached hydrogen (secondary N) is 1. The van der Waals surface area contributed by atoms with Gasteiger partial charge in [0.2, 0.25) is 0 Å². The van der Waals surface area contributed by atoms with Gasteiger partial charge < -0.3 is 5.32 Å². The van der Waals surface area contributed by atoms with Crippen molar-refractivity contribution in [2.24, 2.45) is 0 Å². The molecule has 3 aromatic heterocycles. The Labute approximate surface area is 165 Å². The maximum absolute atomic E-state index is 13.3. The number of hydrogen-bond donors (Lipinski definition) is 1. The van der Waals surface area contributed by atoms with E-state index in [9.17, 15) is 9.18 Å². The number of pyridine rings is 2. The van der Waals surface area contributed by atoms with E-state index in [-0.39, 0.29) is 11.7 Å². The molecule has 0 aliphatic carbocycles. The van der Waals surface area contributed by atoms with Crippen LogP contribution in [-0.4, -0.2) is 25.7 Å². The molecule has 0 atom stereocenters. The Kier molecular flexibility index (Phi) is 4.52. The molecule has 3 heterocycles. The molecule has 4 aromatic rings. The van der Waals surface area contributed by atoms with E-state index in [0.717, 1.165) is 0 Å². The zero-order chi connectivity index (χ0) is 19.8. The first kappa shape index (κ1) is 18.1. The second kappa shape index (κ2) is 7.01. The highest BCUT2D eigenvalue weighted by Crippen LogP contribution is 2.25. The van der Waals surface area contributed by atoms with Crippen LogP contribution >= 0.6 is 11.6 Å². The van der Waals surface area contributed by atoms with Crippen LogP contribution in [0.25, 0.3) is 16.7 Å². The van der Waals surface area contributed by atoms with E-state index in [2.05, 4.69) is 20.4 Å². The van der Waals surface area contributed by atoms with Gasteiger partial charge in [0.25, 0.3) is 5.91 Å². The normalized spacial score (nSPS) is 11.0. The first-order valence-corrected chi connectivity index (χ1v) is 8.86. The zero-order valence-corrected chi connectivity index (χ0v) is 15.8. The number of nitrogens with zero attached hydrogens (tertiary/aromatic N) is 4. The molecular formula is C20H15ClFN5O. The number of benzene rings is 1. The highest BCUT2D eigenvalue weighted by Gasteiger charge is 2.20. The van der Waals surface area contributed by atoms with E-state index < -0.39 is 0 Å². The summed E-state index contributed by atoms with van der Waals surface area (Å²) in [6, 6.07) is 10.9. The Morgan fingerprint density at radius 2 is 1.89 bits per heavy atom. The lowest BCUT2D eigenvalue weighted by Gasteiger charge is -2.08. The van der Waals surface area contributed by atoms with Crippen LogP contribution in [0.5, 0.6) is 0 Å². The van der Waals surface area contributed by atoms with Crippen LogP contribution in [-0.2, 0) is 0 Å². The minimum atomic E-state index is -0.336. The summed E-state index contributed by atoms with van der Waals surface area (Å²) in [4.78, 5) is 21.6. The first-order valence-electron chi connectivity index (χ1n) is 8.48. The van der Waals surface area contributed by atoms with Crippen molar-refractivity contribution in [3.05, 3.63) is 76.5 Å². The van der Waals surface area contributed by atoms with Gasteiger partial charge in [0.05, 0.1) is 27.4 Å². The van der Waals surface area contributed by atoms with E-state index in [1.165, 1.54) is 18.3 Å². The summed E-state index contributed by atoms with van der Waals surface area (Å²) in [7, 11) is 0. The Balaban J connectivity index is 1.82. The fraction of sp³-hybridized carbons (Fsp3) is 0.100. The largest absolute Gasteiger partial charge is 0.307 e. The van der Waals surface area contributed by atoms with Gasteiger partial charge in [-0.05, 0) is 56.3 Å². The van der Waals surface area contributed by atoms with Gasteiger partial charge in [0, 0.05) is 11.9 Å². The van der Waals surface area contributed by atoms with Crippen LogP contribution in [0.2, 0.25) is 5.02 Å². The molecule has 140 valence electrons. The average molecular weight is 396 g/mol. The van der Waals surface area contributed by atoms with Crippen molar-refractivity contribution in [1.29, 1.82) is 0 Å². The van der Waals surface area contributed by atoms with E-state index >= 15 is 0 Å². The van der Waals surface area contributed by atoms with E-state index in [4.69, 9.17) is 11.6 Å². The molecular weight excluding hydrogens is 381 g/mol. The molecule has 0 aliphatic rings. The Hall–Kier alpha value is -3.32. The third kappa shape index (κ3) is 3.32. The molecule has 4 rings (SSSR count). The van der Waals surface area contributed by atoms with Crippen LogP contribution in [0.4, 0.5) is 10.2 Å². The smallest absolute Gasteiger partial charge is 0.257 e. The lowest BCUT2D eigenvalue weighted by atomic mass is 10.1. The lowest BCUT2D eigenvalue weighted by Crippen LogP contribution is -2.14. The Morgan fingerprint density at radius 3 is 2.57 bits per heavy atom.